The van der Waals surface area contributed by atoms with Crippen molar-refractivity contribution in [3.8, 4) is 5.75 Å². The number of benzene rings is 1. The Hall–Kier alpha value is -1.84. The molecule has 0 radical (unpaired) electrons. The van der Waals surface area contributed by atoms with Crippen molar-refractivity contribution in [2.45, 2.75) is 46.0 Å². The normalized spacial score (nSPS) is 17.8. The zero-order valence-electron chi connectivity index (χ0n) is 14.2. The quantitative estimate of drug-likeness (QED) is 0.569. The minimum atomic E-state index is 0.0501. The maximum atomic E-state index is 12.2. The van der Waals surface area contributed by atoms with Gasteiger partial charge in [-0.1, -0.05) is 13.3 Å². The Balaban J connectivity index is 1.68. The van der Waals surface area contributed by atoms with Gasteiger partial charge in [0.1, 0.15) is 5.75 Å². The summed E-state index contributed by atoms with van der Waals surface area (Å²) in [4.78, 5) is 25.4. The molecule has 4 heteroatoms. The van der Waals surface area contributed by atoms with E-state index in [1.54, 1.807) is 31.2 Å². The molecule has 1 aliphatic heterocycles. The minimum Gasteiger partial charge on any atom is -0.494 e. The van der Waals surface area contributed by atoms with Gasteiger partial charge in [0.25, 0.3) is 0 Å². The summed E-state index contributed by atoms with van der Waals surface area (Å²) in [7, 11) is 0. The highest BCUT2D eigenvalue weighted by molar-refractivity contribution is 5.94. The predicted molar refractivity (Wildman–Crippen MR) is 90.8 cm³/mol. The number of carbonyl (C=O) groups is 2. The summed E-state index contributed by atoms with van der Waals surface area (Å²) in [6.45, 7) is 6.09. The second kappa shape index (κ2) is 8.70. The fourth-order valence-corrected chi connectivity index (χ4v) is 2.98. The molecule has 0 aromatic heterocycles. The molecule has 0 saturated carbocycles. The Labute approximate surface area is 138 Å². The van der Waals surface area contributed by atoms with Crippen LogP contribution in [0.15, 0.2) is 24.3 Å². The lowest BCUT2D eigenvalue weighted by Crippen LogP contribution is -2.39. The monoisotopic (exact) mass is 317 g/mol. The number of ether oxygens (including phenoxy) is 1. The van der Waals surface area contributed by atoms with E-state index in [4.69, 9.17) is 4.74 Å². The Bertz CT molecular complexity index is 524. The molecule has 1 aromatic rings. The van der Waals surface area contributed by atoms with Gasteiger partial charge in [-0.2, -0.15) is 0 Å². The second-order valence-electron chi connectivity index (χ2n) is 6.29. The van der Waals surface area contributed by atoms with Crippen LogP contribution in [0.4, 0.5) is 0 Å². The Morgan fingerprint density at radius 1 is 1.26 bits per heavy atom. The van der Waals surface area contributed by atoms with Crippen LogP contribution in [0.5, 0.6) is 5.75 Å². The number of hydrogen-bond acceptors (Lipinski definition) is 3. The molecule has 1 heterocycles. The van der Waals surface area contributed by atoms with Crippen molar-refractivity contribution < 1.29 is 14.3 Å². The molecule has 23 heavy (non-hydrogen) atoms. The molecule has 2 rings (SSSR count). The SMILES string of the molecule is CCC1CCCN(C(=O)CCCOc2ccc(C(C)=O)cc2)C1. The lowest BCUT2D eigenvalue weighted by atomic mass is 9.95. The molecular formula is C19H27NO3. The molecule has 1 fully saturated rings. The van der Waals surface area contributed by atoms with E-state index in [0.717, 1.165) is 38.1 Å². The van der Waals surface area contributed by atoms with Crippen molar-refractivity contribution in [1.29, 1.82) is 0 Å². The lowest BCUT2D eigenvalue weighted by molar-refractivity contribution is -0.133. The van der Waals surface area contributed by atoms with E-state index >= 15 is 0 Å². The minimum absolute atomic E-state index is 0.0501. The number of rotatable bonds is 7. The number of carbonyl (C=O) groups excluding carboxylic acids is 2. The van der Waals surface area contributed by atoms with Gasteiger partial charge < -0.3 is 9.64 Å². The summed E-state index contributed by atoms with van der Waals surface area (Å²) in [6.07, 6.45) is 4.80. The van der Waals surface area contributed by atoms with Gasteiger partial charge in [-0.15, -0.1) is 0 Å². The van der Waals surface area contributed by atoms with E-state index in [9.17, 15) is 9.59 Å². The summed E-state index contributed by atoms with van der Waals surface area (Å²) in [5.41, 5.74) is 0.683. The van der Waals surface area contributed by atoms with Crippen LogP contribution in [0, 0.1) is 5.92 Å². The topological polar surface area (TPSA) is 46.6 Å². The Morgan fingerprint density at radius 2 is 2.00 bits per heavy atom. The summed E-state index contributed by atoms with van der Waals surface area (Å²) in [6, 6.07) is 7.13. The summed E-state index contributed by atoms with van der Waals surface area (Å²) in [5, 5.41) is 0. The molecule has 1 atom stereocenters. The smallest absolute Gasteiger partial charge is 0.222 e. The van der Waals surface area contributed by atoms with Crippen molar-refractivity contribution in [3.63, 3.8) is 0 Å². The number of ketones is 1. The van der Waals surface area contributed by atoms with Crippen LogP contribution in [-0.2, 0) is 4.79 Å². The van der Waals surface area contributed by atoms with Gasteiger partial charge in [-0.3, -0.25) is 9.59 Å². The third kappa shape index (κ3) is 5.38. The fourth-order valence-electron chi connectivity index (χ4n) is 2.98. The summed E-state index contributed by atoms with van der Waals surface area (Å²) in [5.74, 6) is 1.71. The molecule has 1 saturated heterocycles. The van der Waals surface area contributed by atoms with Crippen LogP contribution in [0.25, 0.3) is 0 Å². The molecule has 0 spiro atoms. The zero-order chi connectivity index (χ0) is 16.7. The Kier molecular flexibility index (Phi) is 6.63. The van der Waals surface area contributed by atoms with Crippen molar-refractivity contribution in [2.24, 2.45) is 5.92 Å². The van der Waals surface area contributed by atoms with Crippen LogP contribution in [0.3, 0.4) is 0 Å². The van der Waals surface area contributed by atoms with Crippen molar-refractivity contribution in [2.75, 3.05) is 19.7 Å². The molecule has 0 aliphatic carbocycles. The number of Topliss-reactive ketones (excluding diaryl/α,β-unsaturated/α-hetero) is 1. The van der Waals surface area contributed by atoms with Crippen LogP contribution >= 0.6 is 0 Å². The van der Waals surface area contributed by atoms with Gasteiger partial charge in [0.05, 0.1) is 6.61 Å². The standard InChI is InChI=1S/C19H27NO3/c1-3-16-6-4-12-20(14-16)19(22)7-5-13-23-18-10-8-17(9-11-18)15(2)21/h8-11,16H,3-7,12-14H2,1-2H3. The maximum Gasteiger partial charge on any atom is 0.222 e. The average molecular weight is 317 g/mol. The summed E-state index contributed by atoms with van der Waals surface area (Å²) >= 11 is 0. The van der Waals surface area contributed by atoms with Gasteiger partial charge in [-0.05, 0) is 56.4 Å². The zero-order valence-corrected chi connectivity index (χ0v) is 14.2. The first-order valence-corrected chi connectivity index (χ1v) is 8.61. The van der Waals surface area contributed by atoms with Gasteiger partial charge in [0.2, 0.25) is 5.91 Å². The third-order valence-electron chi connectivity index (χ3n) is 4.51. The van der Waals surface area contributed by atoms with Crippen molar-refractivity contribution in [3.05, 3.63) is 29.8 Å². The number of hydrogen-bond donors (Lipinski definition) is 0. The number of nitrogens with zero attached hydrogens (tertiary/aromatic N) is 1. The summed E-state index contributed by atoms with van der Waals surface area (Å²) < 4.78 is 5.64. The number of amides is 1. The molecule has 1 aliphatic rings. The highest BCUT2D eigenvalue weighted by Gasteiger charge is 2.21. The predicted octanol–water partition coefficient (Wildman–Crippen LogP) is 3.70. The lowest BCUT2D eigenvalue weighted by Gasteiger charge is -2.32. The maximum absolute atomic E-state index is 12.2. The van der Waals surface area contributed by atoms with Crippen molar-refractivity contribution in [1.82, 2.24) is 4.90 Å². The van der Waals surface area contributed by atoms with E-state index < -0.39 is 0 Å². The van der Waals surface area contributed by atoms with Gasteiger partial charge in [0, 0.05) is 25.1 Å². The average Bonchev–Trinajstić information content (AvgIpc) is 2.59. The Morgan fingerprint density at radius 3 is 2.65 bits per heavy atom. The second-order valence-corrected chi connectivity index (χ2v) is 6.29. The van der Waals surface area contributed by atoms with E-state index in [1.165, 1.54) is 6.42 Å². The highest BCUT2D eigenvalue weighted by atomic mass is 16.5. The first kappa shape index (κ1) is 17.5. The van der Waals surface area contributed by atoms with Crippen LogP contribution in [0.1, 0.15) is 56.3 Å². The largest absolute Gasteiger partial charge is 0.494 e. The van der Waals surface area contributed by atoms with Gasteiger partial charge in [0.15, 0.2) is 5.78 Å². The van der Waals surface area contributed by atoms with Gasteiger partial charge >= 0.3 is 0 Å². The molecule has 0 bridgehead atoms. The van der Waals surface area contributed by atoms with E-state index in [2.05, 4.69) is 6.92 Å². The molecule has 1 aromatic carbocycles. The fraction of sp³-hybridized carbons (Fsp3) is 0.579. The number of likely N-dealkylation sites (tertiary alicyclic amines) is 1. The molecule has 0 N–H and O–H groups in total. The van der Waals surface area contributed by atoms with E-state index in [-0.39, 0.29) is 11.7 Å². The molecule has 1 amide bonds. The van der Waals surface area contributed by atoms with Crippen LogP contribution in [0.2, 0.25) is 0 Å². The molecular weight excluding hydrogens is 290 g/mol. The van der Waals surface area contributed by atoms with E-state index in [0.29, 0.717) is 24.5 Å². The molecule has 4 nitrogen and oxygen atoms in total. The van der Waals surface area contributed by atoms with Gasteiger partial charge in [-0.25, -0.2) is 0 Å². The van der Waals surface area contributed by atoms with Crippen LogP contribution < -0.4 is 4.74 Å². The van der Waals surface area contributed by atoms with Crippen molar-refractivity contribution >= 4 is 11.7 Å². The third-order valence-corrected chi connectivity index (χ3v) is 4.51. The van der Waals surface area contributed by atoms with E-state index in [1.807, 2.05) is 4.90 Å². The first-order chi connectivity index (χ1) is 11.1. The molecule has 126 valence electrons. The highest BCUT2D eigenvalue weighted by Crippen LogP contribution is 2.20. The molecule has 1 unspecified atom stereocenters. The number of piperidine rings is 1. The first-order valence-electron chi connectivity index (χ1n) is 8.61. The van der Waals surface area contributed by atoms with Crippen LogP contribution in [-0.4, -0.2) is 36.3 Å².